The van der Waals surface area contributed by atoms with E-state index in [-0.39, 0.29) is 23.4 Å². The molecule has 5 heteroatoms. The first-order valence-electron chi connectivity index (χ1n) is 11.5. The highest BCUT2D eigenvalue weighted by Gasteiger charge is 2.34. The Bertz CT molecular complexity index is 1130. The first-order chi connectivity index (χ1) is 15.1. The number of carbonyl (C=O) groups is 1. The molecular weight excluding hydrogens is 386 g/mol. The van der Waals surface area contributed by atoms with Gasteiger partial charge in [0.1, 0.15) is 5.82 Å². The number of hydrogen-bond donors (Lipinski definition) is 0. The molecule has 3 aromatic rings. The summed E-state index contributed by atoms with van der Waals surface area (Å²) in [6, 6.07) is 15.3. The minimum Gasteiger partial charge on any atom is -0.333 e. The number of carbonyl (C=O) groups excluding carboxylic acids is 1. The predicted octanol–water partition coefficient (Wildman–Crippen LogP) is 5.05. The molecule has 4 rings (SSSR count). The van der Waals surface area contributed by atoms with Crippen molar-refractivity contribution in [3.63, 3.8) is 0 Å². The summed E-state index contributed by atoms with van der Waals surface area (Å²) in [6.45, 7) is 6.79. The molecule has 5 nitrogen and oxygen atoms in total. The maximum atomic E-state index is 13.6. The third-order valence-corrected chi connectivity index (χ3v) is 6.54. The van der Waals surface area contributed by atoms with Crippen molar-refractivity contribution in [1.29, 1.82) is 0 Å². The monoisotopic (exact) mass is 417 g/mol. The lowest BCUT2D eigenvalue weighted by molar-refractivity contribution is -0.140. The van der Waals surface area contributed by atoms with E-state index in [4.69, 9.17) is 4.98 Å². The molecule has 162 valence electrons. The Kier molecular flexibility index (Phi) is 6.21. The van der Waals surface area contributed by atoms with Crippen LogP contribution in [-0.2, 0) is 11.2 Å². The number of para-hydroxylation sites is 1. The molecule has 0 spiro atoms. The van der Waals surface area contributed by atoms with Crippen LogP contribution in [0.15, 0.2) is 53.3 Å². The molecule has 1 atom stereocenters. The topological polar surface area (TPSA) is 55.2 Å². The van der Waals surface area contributed by atoms with Gasteiger partial charge in [-0.2, -0.15) is 0 Å². The van der Waals surface area contributed by atoms with E-state index in [1.165, 1.54) is 5.56 Å². The average molecular weight is 418 g/mol. The second-order valence-electron chi connectivity index (χ2n) is 8.32. The minimum atomic E-state index is -0.249. The fourth-order valence-electron chi connectivity index (χ4n) is 4.47. The Hall–Kier alpha value is -2.95. The molecule has 1 aliphatic rings. The zero-order valence-corrected chi connectivity index (χ0v) is 18.7. The van der Waals surface area contributed by atoms with Crippen molar-refractivity contribution in [2.75, 3.05) is 6.54 Å². The maximum Gasteiger partial charge on any atom is 0.266 e. The highest BCUT2D eigenvalue weighted by Crippen LogP contribution is 2.33. The van der Waals surface area contributed by atoms with Crippen molar-refractivity contribution in [1.82, 2.24) is 14.5 Å². The van der Waals surface area contributed by atoms with Crippen molar-refractivity contribution in [3.05, 3.63) is 70.3 Å². The molecular formula is C26H31N3O2. The first-order valence-corrected chi connectivity index (χ1v) is 11.5. The molecule has 0 aliphatic heterocycles. The van der Waals surface area contributed by atoms with E-state index in [1.807, 2.05) is 48.2 Å². The summed E-state index contributed by atoms with van der Waals surface area (Å²) >= 11 is 0. The van der Waals surface area contributed by atoms with Crippen LogP contribution in [0.2, 0.25) is 0 Å². The van der Waals surface area contributed by atoms with Gasteiger partial charge in [0.05, 0.1) is 22.6 Å². The lowest BCUT2D eigenvalue weighted by Gasteiger charge is -2.36. The second-order valence-corrected chi connectivity index (χ2v) is 8.32. The van der Waals surface area contributed by atoms with Gasteiger partial charge in [-0.3, -0.25) is 14.2 Å². The smallest absolute Gasteiger partial charge is 0.266 e. The Balaban J connectivity index is 1.91. The standard InChI is InChI=1S/C26H31N3O2/c1-4-18-14-16-20(17-15-18)29-24(27-22-13-8-7-12-21(22)26(29)31)23(5-2)28(6-3)25(30)19-10-9-11-19/h7-8,12-17,19,23H,4-6,9-11H2,1-3H3. The van der Waals surface area contributed by atoms with Gasteiger partial charge in [-0.1, -0.05) is 44.5 Å². The van der Waals surface area contributed by atoms with Crippen LogP contribution in [-0.4, -0.2) is 26.9 Å². The van der Waals surface area contributed by atoms with Crippen LogP contribution in [0.5, 0.6) is 0 Å². The molecule has 0 saturated heterocycles. The molecule has 1 unspecified atom stereocenters. The average Bonchev–Trinajstić information content (AvgIpc) is 2.76. The number of aryl methyl sites for hydroxylation is 1. The van der Waals surface area contributed by atoms with Crippen LogP contribution < -0.4 is 5.56 Å². The third kappa shape index (κ3) is 3.89. The van der Waals surface area contributed by atoms with Gasteiger partial charge < -0.3 is 4.90 Å². The quantitative estimate of drug-likeness (QED) is 0.541. The summed E-state index contributed by atoms with van der Waals surface area (Å²) < 4.78 is 1.71. The Morgan fingerprint density at radius 3 is 2.39 bits per heavy atom. The fraction of sp³-hybridized carbons (Fsp3) is 0.423. The largest absolute Gasteiger partial charge is 0.333 e. The number of fused-ring (bicyclic) bond motifs is 1. The SMILES string of the molecule is CCc1ccc(-n2c(C(CC)N(CC)C(=O)C3CCC3)nc3ccccc3c2=O)cc1. The maximum absolute atomic E-state index is 13.6. The van der Waals surface area contributed by atoms with Crippen molar-refractivity contribution in [2.24, 2.45) is 5.92 Å². The fourth-order valence-corrected chi connectivity index (χ4v) is 4.47. The van der Waals surface area contributed by atoms with Gasteiger partial charge in [0.15, 0.2) is 0 Å². The summed E-state index contributed by atoms with van der Waals surface area (Å²) in [7, 11) is 0. The molecule has 1 saturated carbocycles. The highest BCUT2D eigenvalue weighted by atomic mass is 16.2. The molecule has 0 radical (unpaired) electrons. The van der Waals surface area contributed by atoms with Gasteiger partial charge in [-0.05, 0) is 62.4 Å². The normalized spacial score (nSPS) is 14.9. The molecule has 1 aromatic heterocycles. The number of rotatable bonds is 7. The lowest BCUT2D eigenvalue weighted by Crippen LogP contribution is -2.43. The molecule has 0 bridgehead atoms. The lowest BCUT2D eigenvalue weighted by atomic mass is 9.84. The zero-order chi connectivity index (χ0) is 22.0. The Labute approximate surface area is 183 Å². The summed E-state index contributed by atoms with van der Waals surface area (Å²) in [6.07, 6.45) is 4.68. The van der Waals surface area contributed by atoms with Crippen molar-refractivity contribution in [3.8, 4) is 5.69 Å². The number of hydrogen-bond acceptors (Lipinski definition) is 3. The van der Waals surface area contributed by atoms with E-state index in [0.717, 1.165) is 31.4 Å². The van der Waals surface area contributed by atoms with Crippen molar-refractivity contribution in [2.45, 2.75) is 58.9 Å². The van der Waals surface area contributed by atoms with E-state index < -0.39 is 0 Å². The molecule has 1 aliphatic carbocycles. The zero-order valence-electron chi connectivity index (χ0n) is 18.7. The van der Waals surface area contributed by atoms with Crippen LogP contribution in [0, 0.1) is 5.92 Å². The van der Waals surface area contributed by atoms with Gasteiger partial charge in [-0.25, -0.2) is 4.98 Å². The van der Waals surface area contributed by atoms with Gasteiger partial charge in [-0.15, -0.1) is 0 Å². The number of nitrogens with zero attached hydrogens (tertiary/aromatic N) is 3. The summed E-state index contributed by atoms with van der Waals surface area (Å²) in [4.78, 5) is 33.7. The van der Waals surface area contributed by atoms with Crippen LogP contribution in [0.25, 0.3) is 16.6 Å². The summed E-state index contributed by atoms with van der Waals surface area (Å²) in [5, 5.41) is 0.592. The molecule has 1 fully saturated rings. The van der Waals surface area contributed by atoms with E-state index in [9.17, 15) is 9.59 Å². The second kappa shape index (κ2) is 9.04. The first kappa shape index (κ1) is 21.3. The number of aromatic nitrogens is 2. The third-order valence-electron chi connectivity index (χ3n) is 6.54. The molecule has 1 amide bonds. The summed E-state index contributed by atoms with van der Waals surface area (Å²) in [5.41, 5.74) is 2.60. The predicted molar refractivity (Wildman–Crippen MR) is 124 cm³/mol. The van der Waals surface area contributed by atoms with Crippen LogP contribution in [0.4, 0.5) is 0 Å². The molecule has 2 aromatic carbocycles. The number of amides is 1. The molecule has 1 heterocycles. The van der Waals surface area contributed by atoms with Gasteiger partial charge >= 0.3 is 0 Å². The highest BCUT2D eigenvalue weighted by molar-refractivity contribution is 5.80. The Morgan fingerprint density at radius 1 is 1.10 bits per heavy atom. The van der Waals surface area contributed by atoms with Crippen LogP contribution in [0.1, 0.15) is 63.9 Å². The molecule has 31 heavy (non-hydrogen) atoms. The van der Waals surface area contributed by atoms with E-state index in [0.29, 0.717) is 29.7 Å². The molecule has 0 N–H and O–H groups in total. The van der Waals surface area contributed by atoms with Crippen LogP contribution >= 0.6 is 0 Å². The van der Waals surface area contributed by atoms with E-state index in [2.05, 4.69) is 26.0 Å². The Morgan fingerprint density at radius 2 is 1.81 bits per heavy atom. The van der Waals surface area contributed by atoms with E-state index in [1.54, 1.807) is 4.57 Å². The summed E-state index contributed by atoms with van der Waals surface area (Å²) in [5.74, 6) is 0.944. The van der Waals surface area contributed by atoms with Gasteiger partial charge in [0.2, 0.25) is 5.91 Å². The van der Waals surface area contributed by atoms with Crippen LogP contribution in [0.3, 0.4) is 0 Å². The van der Waals surface area contributed by atoms with Crippen molar-refractivity contribution < 1.29 is 4.79 Å². The van der Waals surface area contributed by atoms with Crippen molar-refractivity contribution >= 4 is 16.8 Å². The van der Waals surface area contributed by atoms with Gasteiger partial charge in [0, 0.05) is 12.5 Å². The van der Waals surface area contributed by atoms with E-state index >= 15 is 0 Å². The minimum absolute atomic E-state index is 0.0876. The number of benzene rings is 2. The van der Waals surface area contributed by atoms with Gasteiger partial charge in [0.25, 0.3) is 5.56 Å².